The Morgan fingerprint density at radius 3 is 2.46 bits per heavy atom. The van der Waals surface area contributed by atoms with Gasteiger partial charge in [-0.05, 0) is 48.2 Å². The maximum Gasteiger partial charge on any atom is 0.330 e. The number of hydrogen-bond donors (Lipinski definition) is 2. The van der Waals surface area contributed by atoms with Gasteiger partial charge in [-0.25, -0.2) is 9.18 Å². The topological polar surface area (TPSA) is 115 Å². The molecule has 238 valence electrons. The van der Waals surface area contributed by atoms with E-state index < -0.39 is 23.0 Å². The monoisotopic (exact) mass is 645 g/mol. The summed E-state index contributed by atoms with van der Waals surface area (Å²) in [7, 11) is 4.28. The lowest BCUT2D eigenvalue weighted by Crippen LogP contribution is -2.59. The zero-order valence-electron chi connectivity index (χ0n) is 25.9. The van der Waals surface area contributed by atoms with Gasteiger partial charge in [-0.3, -0.25) is 23.9 Å². The van der Waals surface area contributed by atoms with Crippen LogP contribution in [0.1, 0.15) is 27.9 Å². The summed E-state index contributed by atoms with van der Waals surface area (Å²) in [5, 5.41) is 6.06. The standard InChI is InChI=1S/C34H33ClFN5O5/c1-19-21(7-6-10-27(19)38-30(42)25-15-39(2)33(45)40(3)31(25)43)23-9-5-8-22(29(23)35)20-13-26(36)24(28(14-20)46-4)16-41-17-34(18-41)11-12-37-32(34)44/h5-10,13-15H,11-12,16-18H2,1-4H3,(H,37,44)(H,38,42). The van der Waals surface area contributed by atoms with Crippen molar-refractivity contribution in [3.05, 3.63) is 103 Å². The first-order valence-corrected chi connectivity index (χ1v) is 15.2. The predicted molar refractivity (Wildman–Crippen MR) is 174 cm³/mol. The number of hydrogen-bond acceptors (Lipinski definition) is 6. The maximum atomic E-state index is 15.7. The molecule has 1 spiro atoms. The number of benzene rings is 3. The SMILES string of the molecule is COc1cc(-c2cccc(-c3cccc(NC(=O)c4cn(C)c(=O)n(C)c4=O)c3C)c2Cl)cc(F)c1CN1CC2(CCNC2=O)C1. The number of carbonyl (C=O) groups is 2. The Kier molecular flexibility index (Phi) is 8.07. The lowest BCUT2D eigenvalue weighted by atomic mass is 9.78. The zero-order valence-corrected chi connectivity index (χ0v) is 26.6. The lowest BCUT2D eigenvalue weighted by Gasteiger charge is -2.46. The van der Waals surface area contributed by atoms with Gasteiger partial charge in [-0.2, -0.15) is 0 Å². The molecule has 46 heavy (non-hydrogen) atoms. The number of nitrogens with one attached hydrogen (secondary N) is 2. The number of rotatable bonds is 7. The number of carbonyl (C=O) groups excluding carboxylic acids is 2. The van der Waals surface area contributed by atoms with Crippen LogP contribution >= 0.6 is 11.6 Å². The van der Waals surface area contributed by atoms with Crippen LogP contribution in [0.2, 0.25) is 5.02 Å². The van der Waals surface area contributed by atoms with Gasteiger partial charge in [0, 0.05) is 68.8 Å². The first kappa shape index (κ1) is 31.3. The largest absolute Gasteiger partial charge is 0.496 e. The highest BCUT2D eigenvalue weighted by molar-refractivity contribution is 6.36. The fraction of sp³-hybridized carbons (Fsp3) is 0.294. The Hall–Kier alpha value is -4.74. The fourth-order valence-electron chi connectivity index (χ4n) is 6.45. The van der Waals surface area contributed by atoms with Crippen LogP contribution in [0.3, 0.4) is 0 Å². The van der Waals surface area contributed by atoms with E-state index in [1.807, 2.05) is 30.0 Å². The molecule has 2 fully saturated rings. The highest BCUT2D eigenvalue weighted by Gasteiger charge is 2.51. The quantitative estimate of drug-likeness (QED) is 0.313. The van der Waals surface area contributed by atoms with Crippen molar-refractivity contribution in [3.63, 3.8) is 0 Å². The third-order valence-corrected chi connectivity index (χ3v) is 9.46. The van der Waals surface area contributed by atoms with E-state index in [1.54, 1.807) is 24.3 Å². The fourth-order valence-corrected chi connectivity index (χ4v) is 6.78. The molecule has 2 N–H and O–H groups in total. The summed E-state index contributed by atoms with van der Waals surface area (Å²) in [5.41, 5.74) is 2.31. The maximum absolute atomic E-state index is 15.7. The van der Waals surface area contributed by atoms with E-state index >= 15 is 4.39 Å². The summed E-state index contributed by atoms with van der Waals surface area (Å²) in [5.74, 6) is -0.630. The van der Waals surface area contributed by atoms with Crippen LogP contribution in [0.5, 0.6) is 5.75 Å². The average molecular weight is 646 g/mol. The molecule has 4 aromatic rings. The molecule has 2 amide bonds. The Bertz CT molecular complexity index is 2030. The third-order valence-electron chi connectivity index (χ3n) is 9.05. The Morgan fingerprint density at radius 1 is 1.07 bits per heavy atom. The molecule has 2 aliphatic heterocycles. The third kappa shape index (κ3) is 5.29. The second-order valence-electron chi connectivity index (χ2n) is 12.0. The summed E-state index contributed by atoms with van der Waals surface area (Å²) in [4.78, 5) is 52.1. The molecule has 1 aromatic heterocycles. The van der Waals surface area contributed by atoms with Crippen LogP contribution in [0.4, 0.5) is 10.1 Å². The number of likely N-dealkylation sites (tertiary alicyclic amines) is 1. The molecule has 2 aliphatic rings. The molecule has 6 rings (SSSR count). The van der Waals surface area contributed by atoms with Crippen LogP contribution in [0.25, 0.3) is 22.3 Å². The number of aromatic nitrogens is 2. The zero-order chi connectivity index (χ0) is 32.9. The highest BCUT2D eigenvalue weighted by Crippen LogP contribution is 2.42. The summed E-state index contributed by atoms with van der Waals surface area (Å²) in [6.07, 6.45) is 2.01. The molecule has 3 aromatic carbocycles. The Morgan fingerprint density at radius 2 is 1.76 bits per heavy atom. The number of anilines is 1. The summed E-state index contributed by atoms with van der Waals surface area (Å²) in [6.45, 7) is 3.98. The van der Waals surface area contributed by atoms with Crippen molar-refractivity contribution in [2.75, 3.05) is 32.1 Å². The number of amides is 2. The first-order valence-electron chi connectivity index (χ1n) is 14.8. The first-order chi connectivity index (χ1) is 21.9. The van der Waals surface area contributed by atoms with Crippen LogP contribution in [-0.2, 0) is 25.4 Å². The van der Waals surface area contributed by atoms with Crippen molar-refractivity contribution in [3.8, 4) is 28.0 Å². The highest BCUT2D eigenvalue weighted by atomic mass is 35.5. The molecule has 0 aliphatic carbocycles. The summed E-state index contributed by atoms with van der Waals surface area (Å²) in [6, 6.07) is 14.0. The van der Waals surface area contributed by atoms with Crippen LogP contribution in [0, 0.1) is 18.2 Å². The van der Waals surface area contributed by atoms with Gasteiger partial charge in [0.05, 0.1) is 17.5 Å². The van der Waals surface area contributed by atoms with Crippen molar-refractivity contribution >= 4 is 29.1 Å². The second kappa shape index (κ2) is 11.9. The van der Waals surface area contributed by atoms with E-state index in [9.17, 15) is 19.2 Å². The molecule has 0 radical (unpaired) electrons. The van der Waals surface area contributed by atoms with E-state index in [2.05, 4.69) is 10.6 Å². The van der Waals surface area contributed by atoms with Crippen LogP contribution in [-0.4, -0.2) is 52.6 Å². The van der Waals surface area contributed by atoms with Crippen molar-refractivity contribution in [1.29, 1.82) is 0 Å². The number of halogens is 2. The normalized spacial score (nSPS) is 15.5. The predicted octanol–water partition coefficient (Wildman–Crippen LogP) is 4.10. The van der Waals surface area contributed by atoms with E-state index in [1.165, 1.54) is 38.0 Å². The molecule has 0 unspecified atom stereocenters. The number of ether oxygens (including phenoxy) is 1. The van der Waals surface area contributed by atoms with Crippen molar-refractivity contribution in [2.45, 2.75) is 19.9 Å². The number of methoxy groups -OCH3 is 1. The van der Waals surface area contributed by atoms with Crippen molar-refractivity contribution in [2.24, 2.45) is 19.5 Å². The molecule has 0 atom stereocenters. The minimum absolute atomic E-state index is 0.0688. The lowest BCUT2D eigenvalue weighted by molar-refractivity contribution is -0.137. The van der Waals surface area contributed by atoms with Gasteiger partial charge in [0.2, 0.25) is 5.91 Å². The van der Waals surface area contributed by atoms with E-state index in [4.69, 9.17) is 16.3 Å². The molecule has 0 saturated carbocycles. The molecule has 10 nitrogen and oxygen atoms in total. The van der Waals surface area contributed by atoms with Crippen molar-refractivity contribution in [1.82, 2.24) is 19.4 Å². The Labute approximate surface area is 269 Å². The molecule has 0 bridgehead atoms. The number of aryl methyl sites for hydroxylation is 1. The summed E-state index contributed by atoms with van der Waals surface area (Å²) >= 11 is 6.99. The van der Waals surface area contributed by atoms with Crippen LogP contribution < -0.4 is 26.6 Å². The van der Waals surface area contributed by atoms with E-state index in [-0.39, 0.29) is 16.9 Å². The van der Waals surface area contributed by atoms with Gasteiger partial charge in [0.25, 0.3) is 11.5 Å². The van der Waals surface area contributed by atoms with Gasteiger partial charge in [-0.1, -0.05) is 41.9 Å². The van der Waals surface area contributed by atoms with Crippen molar-refractivity contribution < 1.29 is 18.7 Å². The Balaban J connectivity index is 1.28. The molecular weight excluding hydrogens is 613 g/mol. The average Bonchev–Trinajstić information content (AvgIpc) is 3.40. The molecule has 3 heterocycles. The van der Waals surface area contributed by atoms with E-state index in [0.29, 0.717) is 70.5 Å². The van der Waals surface area contributed by atoms with Gasteiger partial charge in [-0.15, -0.1) is 0 Å². The van der Waals surface area contributed by atoms with E-state index in [0.717, 1.165) is 16.6 Å². The molecule has 12 heteroatoms. The molecular formula is C34H33ClFN5O5. The second-order valence-corrected chi connectivity index (χ2v) is 12.3. The molecule has 2 saturated heterocycles. The minimum Gasteiger partial charge on any atom is -0.496 e. The van der Waals surface area contributed by atoms with Gasteiger partial charge in [0.1, 0.15) is 17.1 Å². The summed E-state index contributed by atoms with van der Waals surface area (Å²) < 4.78 is 23.3. The van der Waals surface area contributed by atoms with Crippen LogP contribution in [0.15, 0.2) is 64.3 Å². The number of nitrogens with zero attached hydrogens (tertiary/aromatic N) is 3. The smallest absolute Gasteiger partial charge is 0.330 e. The van der Waals surface area contributed by atoms with Gasteiger partial charge in [0.15, 0.2) is 0 Å². The van der Waals surface area contributed by atoms with Gasteiger partial charge < -0.3 is 19.9 Å². The minimum atomic E-state index is -0.700. The van der Waals surface area contributed by atoms with Gasteiger partial charge >= 0.3 is 5.69 Å².